The van der Waals surface area contributed by atoms with Gasteiger partial charge in [-0.1, -0.05) is 37.3 Å². The molecule has 0 bridgehead atoms. The summed E-state index contributed by atoms with van der Waals surface area (Å²) in [6, 6.07) is 9.63. The number of nitrogens with zero attached hydrogens (tertiary/aromatic N) is 1. The number of esters is 1. The molecule has 2 saturated heterocycles. The van der Waals surface area contributed by atoms with Crippen LogP contribution in [-0.2, 0) is 23.9 Å². The molecule has 6 heteroatoms. The third kappa shape index (κ3) is 5.02. The minimum Gasteiger partial charge on any atom is -0.453 e. The molecule has 3 unspecified atom stereocenters. The zero-order chi connectivity index (χ0) is 19.2. The van der Waals surface area contributed by atoms with E-state index in [4.69, 9.17) is 9.47 Å². The Balaban J connectivity index is 1.50. The van der Waals surface area contributed by atoms with Gasteiger partial charge in [0.2, 0.25) is 0 Å². The molecule has 2 heterocycles. The van der Waals surface area contributed by atoms with Crippen molar-refractivity contribution in [1.82, 2.24) is 4.90 Å². The van der Waals surface area contributed by atoms with E-state index in [1.54, 1.807) is 0 Å². The van der Waals surface area contributed by atoms with E-state index < -0.39 is 18.0 Å². The van der Waals surface area contributed by atoms with Gasteiger partial charge in [0, 0.05) is 19.5 Å². The second-order valence-electron chi connectivity index (χ2n) is 7.34. The maximum absolute atomic E-state index is 12.6. The van der Waals surface area contributed by atoms with Gasteiger partial charge in [-0.25, -0.2) is 0 Å². The van der Waals surface area contributed by atoms with Gasteiger partial charge in [-0.2, -0.15) is 0 Å². The average Bonchev–Trinajstić information content (AvgIpc) is 2.96. The summed E-state index contributed by atoms with van der Waals surface area (Å²) >= 11 is 0. The summed E-state index contributed by atoms with van der Waals surface area (Å²) in [5.41, 5.74) is 1.02. The number of ether oxygens (including phenoxy) is 2. The van der Waals surface area contributed by atoms with Gasteiger partial charge in [0.05, 0.1) is 13.2 Å². The van der Waals surface area contributed by atoms with Gasteiger partial charge in [-0.3, -0.25) is 19.3 Å². The number of benzene rings is 1. The van der Waals surface area contributed by atoms with Crippen molar-refractivity contribution in [1.29, 1.82) is 0 Å². The first-order valence-electron chi connectivity index (χ1n) is 9.68. The van der Waals surface area contributed by atoms with Crippen molar-refractivity contribution >= 4 is 17.5 Å². The Hall–Kier alpha value is -2.05. The largest absolute Gasteiger partial charge is 0.453 e. The SMILES string of the molecule is CC(CC(=O)C1C(=O)OC(CCCN2CCOCC2)C1=O)c1ccccc1. The highest BCUT2D eigenvalue weighted by atomic mass is 16.6. The Kier molecular flexibility index (Phi) is 6.74. The summed E-state index contributed by atoms with van der Waals surface area (Å²) in [6.07, 6.45) is 0.612. The molecular formula is C21H27NO5. The van der Waals surface area contributed by atoms with E-state index in [-0.39, 0.29) is 23.9 Å². The summed E-state index contributed by atoms with van der Waals surface area (Å²) in [4.78, 5) is 39.5. The molecule has 0 N–H and O–H groups in total. The molecule has 0 spiro atoms. The Morgan fingerprint density at radius 2 is 1.89 bits per heavy atom. The van der Waals surface area contributed by atoms with Gasteiger partial charge in [0.25, 0.3) is 0 Å². The number of morpholine rings is 1. The molecule has 0 radical (unpaired) electrons. The number of hydrogen-bond acceptors (Lipinski definition) is 6. The molecule has 27 heavy (non-hydrogen) atoms. The molecule has 146 valence electrons. The highest BCUT2D eigenvalue weighted by Crippen LogP contribution is 2.27. The molecule has 1 aromatic rings. The van der Waals surface area contributed by atoms with E-state index in [9.17, 15) is 14.4 Å². The first-order valence-corrected chi connectivity index (χ1v) is 9.68. The molecule has 0 aliphatic carbocycles. The minimum atomic E-state index is -1.25. The lowest BCUT2D eigenvalue weighted by atomic mass is 9.88. The van der Waals surface area contributed by atoms with Crippen LogP contribution in [-0.4, -0.2) is 61.4 Å². The summed E-state index contributed by atoms with van der Waals surface area (Å²) in [5, 5.41) is 0. The highest BCUT2D eigenvalue weighted by molar-refractivity contribution is 6.21. The van der Waals surface area contributed by atoms with Crippen LogP contribution in [0.25, 0.3) is 0 Å². The van der Waals surface area contributed by atoms with E-state index in [2.05, 4.69) is 4.90 Å². The van der Waals surface area contributed by atoms with Gasteiger partial charge in [-0.05, 0) is 30.9 Å². The van der Waals surface area contributed by atoms with Crippen molar-refractivity contribution in [2.24, 2.45) is 5.92 Å². The van der Waals surface area contributed by atoms with E-state index >= 15 is 0 Å². The summed E-state index contributed by atoms with van der Waals surface area (Å²) in [5.74, 6) is -2.67. The number of rotatable bonds is 8. The zero-order valence-electron chi connectivity index (χ0n) is 15.8. The normalized spacial score (nSPS) is 24.6. The molecular weight excluding hydrogens is 346 g/mol. The fourth-order valence-corrected chi connectivity index (χ4v) is 3.70. The zero-order valence-corrected chi connectivity index (χ0v) is 15.8. The number of Topliss-reactive ketones (excluding diaryl/α,β-unsaturated/α-hetero) is 2. The van der Waals surface area contributed by atoms with Crippen LogP contribution in [0.3, 0.4) is 0 Å². The van der Waals surface area contributed by atoms with Crippen LogP contribution < -0.4 is 0 Å². The second-order valence-corrected chi connectivity index (χ2v) is 7.34. The third-order valence-corrected chi connectivity index (χ3v) is 5.34. The second kappa shape index (κ2) is 9.24. The molecule has 6 nitrogen and oxygen atoms in total. The average molecular weight is 373 g/mol. The molecule has 2 aliphatic heterocycles. The van der Waals surface area contributed by atoms with Crippen LogP contribution in [0.1, 0.15) is 37.7 Å². The van der Waals surface area contributed by atoms with Crippen molar-refractivity contribution < 1.29 is 23.9 Å². The lowest BCUT2D eigenvalue weighted by Gasteiger charge is -2.26. The lowest BCUT2D eigenvalue weighted by Crippen LogP contribution is -2.37. The van der Waals surface area contributed by atoms with E-state index in [0.29, 0.717) is 6.42 Å². The maximum atomic E-state index is 12.6. The standard InChI is InChI=1S/C21H27NO5/c1-15(16-6-3-2-4-7-16)14-17(23)19-20(24)18(27-21(19)25)8-5-9-22-10-12-26-13-11-22/h2-4,6-7,15,18-19H,5,8-14H2,1H3. The molecule has 0 aromatic heterocycles. The van der Waals surface area contributed by atoms with Crippen molar-refractivity contribution in [3.05, 3.63) is 35.9 Å². The summed E-state index contributed by atoms with van der Waals surface area (Å²) in [6.45, 7) is 6.00. The smallest absolute Gasteiger partial charge is 0.325 e. The fourth-order valence-electron chi connectivity index (χ4n) is 3.70. The van der Waals surface area contributed by atoms with Gasteiger partial charge < -0.3 is 9.47 Å². The van der Waals surface area contributed by atoms with E-state index in [1.165, 1.54) is 0 Å². The van der Waals surface area contributed by atoms with Crippen molar-refractivity contribution in [2.45, 2.75) is 38.2 Å². The molecule has 0 amide bonds. The Morgan fingerprint density at radius 1 is 1.19 bits per heavy atom. The van der Waals surface area contributed by atoms with Crippen molar-refractivity contribution in [3.63, 3.8) is 0 Å². The first-order chi connectivity index (χ1) is 13.1. The number of cyclic esters (lactones) is 1. The van der Waals surface area contributed by atoms with E-state index in [0.717, 1.165) is 44.8 Å². The Labute approximate surface area is 159 Å². The molecule has 0 saturated carbocycles. The van der Waals surface area contributed by atoms with Gasteiger partial charge >= 0.3 is 5.97 Å². The number of carbonyl (C=O) groups is 3. The fraction of sp³-hybridized carbons (Fsp3) is 0.571. The van der Waals surface area contributed by atoms with E-state index in [1.807, 2.05) is 37.3 Å². The molecule has 3 rings (SSSR count). The topological polar surface area (TPSA) is 72.9 Å². The monoisotopic (exact) mass is 373 g/mol. The van der Waals surface area contributed by atoms with Gasteiger partial charge in [-0.15, -0.1) is 0 Å². The van der Waals surface area contributed by atoms with Crippen LogP contribution in [0.2, 0.25) is 0 Å². The maximum Gasteiger partial charge on any atom is 0.325 e. The quantitative estimate of drug-likeness (QED) is 0.512. The lowest BCUT2D eigenvalue weighted by molar-refractivity contribution is -0.147. The van der Waals surface area contributed by atoms with Gasteiger partial charge in [0.1, 0.15) is 0 Å². The van der Waals surface area contributed by atoms with Crippen LogP contribution in [0.5, 0.6) is 0 Å². The van der Waals surface area contributed by atoms with Crippen LogP contribution in [0.4, 0.5) is 0 Å². The number of hydrogen-bond donors (Lipinski definition) is 0. The third-order valence-electron chi connectivity index (χ3n) is 5.34. The highest BCUT2D eigenvalue weighted by Gasteiger charge is 2.47. The molecule has 2 fully saturated rings. The molecule has 1 aromatic carbocycles. The van der Waals surface area contributed by atoms with Crippen LogP contribution in [0.15, 0.2) is 30.3 Å². The molecule has 3 atom stereocenters. The molecule has 2 aliphatic rings. The summed E-state index contributed by atoms with van der Waals surface area (Å²) in [7, 11) is 0. The Bertz CT molecular complexity index is 668. The summed E-state index contributed by atoms with van der Waals surface area (Å²) < 4.78 is 10.5. The Morgan fingerprint density at radius 3 is 2.59 bits per heavy atom. The van der Waals surface area contributed by atoms with Crippen molar-refractivity contribution in [2.75, 3.05) is 32.8 Å². The number of carbonyl (C=O) groups excluding carboxylic acids is 3. The predicted octanol–water partition coefficient (Wildman–Crippen LogP) is 1.97. The van der Waals surface area contributed by atoms with Gasteiger partial charge in [0.15, 0.2) is 23.6 Å². The first kappa shape index (κ1) is 19.7. The van der Waals surface area contributed by atoms with Crippen LogP contribution >= 0.6 is 0 Å². The van der Waals surface area contributed by atoms with Crippen LogP contribution in [0, 0.1) is 5.92 Å². The van der Waals surface area contributed by atoms with Crippen molar-refractivity contribution in [3.8, 4) is 0 Å². The predicted molar refractivity (Wildman–Crippen MR) is 99.4 cm³/mol. The minimum absolute atomic E-state index is 0.0420. The number of ketones is 2.